The van der Waals surface area contributed by atoms with E-state index in [0.717, 1.165) is 6.07 Å². The summed E-state index contributed by atoms with van der Waals surface area (Å²) >= 11 is 4.32. The van der Waals surface area contributed by atoms with Crippen molar-refractivity contribution in [3.63, 3.8) is 0 Å². The van der Waals surface area contributed by atoms with Gasteiger partial charge in [0.1, 0.15) is 6.61 Å². The Hall–Kier alpha value is -1.99. The third-order valence-corrected chi connectivity index (χ3v) is 1.88. The van der Waals surface area contributed by atoms with E-state index in [-0.39, 0.29) is 11.4 Å². The summed E-state index contributed by atoms with van der Waals surface area (Å²) in [7, 11) is 0. The monoisotopic (exact) mass is 277 g/mol. The van der Waals surface area contributed by atoms with Gasteiger partial charge in [-0.2, -0.15) is 18.2 Å². The van der Waals surface area contributed by atoms with E-state index >= 15 is 0 Å². The average Bonchev–Trinajstić information content (AvgIpc) is 2.26. The first-order valence-electron chi connectivity index (χ1n) is 4.41. The van der Waals surface area contributed by atoms with Gasteiger partial charge >= 0.3 is 12.3 Å². The lowest BCUT2D eigenvalue weighted by Crippen LogP contribution is -2.13. The number of halogens is 3. The molecule has 0 radical (unpaired) electrons. The van der Waals surface area contributed by atoms with E-state index in [1.807, 2.05) is 5.16 Å². The van der Waals surface area contributed by atoms with Crippen LogP contribution in [-0.2, 0) is 17.5 Å². The maximum absolute atomic E-state index is 12.4. The van der Waals surface area contributed by atoms with Gasteiger partial charge in [0.05, 0.1) is 10.7 Å². The average molecular weight is 277 g/mol. The third kappa shape index (κ3) is 3.79. The number of hydrogen-bond donors (Lipinski definition) is 1. The van der Waals surface area contributed by atoms with Crippen LogP contribution in [0, 0.1) is 0 Å². The summed E-state index contributed by atoms with van der Waals surface area (Å²) in [4.78, 5) is 17.3. The van der Waals surface area contributed by atoms with Crippen molar-refractivity contribution >= 4 is 29.3 Å². The van der Waals surface area contributed by atoms with Gasteiger partial charge in [0.2, 0.25) is 0 Å². The number of primary amides is 1. The molecule has 0 unspecified atom stereocenters. The molecule has 0 saturated heterocycles. The second-order valence-corrected chi connectivity index (χ2v) is 3.20. The van der Waals surface area contributed by atoms with Crippen LogP contribution in [-0.4, -0.2) is 16.2 Å². The molecule has 96 valence electrons. The molecule has 0 aliphatic carbocycles. The number of alkyl halides is 3. The van der Waals surface area contributed by atoms with Crippen LogP contribution in [0.15, 0.2) is 17.3 Å². The highest BCUT2D eigenvalue weighted by atomic mass is 32.1. The standard InChI is InChI=1S/C9H6F3N3O2S/c10-9(11,12)6-1-5(3-17-8(13)16)7(14-2-6)15-4-18/h1-2H,3H2,(H2,13,16). The summed E-state index contributed by atoms with van der Waals surface area (Å²) in [5, 5.41) is 1.96. The van der Waals surface area contributed by atoms with Crippen LogP contribution < -0.4 is 5.73 Å². The Labute approximate surface area is 104 Å². The quantitative estimate of drug-likeness (QED) is 0.680. The van der Waals surface area contributed by atoms with Gasteiger partial charge in [-0.1, -0.05) is 0 Å². The summed E-state index contributed by atoms with van der Waals surface area (Å²) in [5.41, 5.74) is 3.66. The Morgan fingerprint density at radius 2 is 2.28 bits per heavy atom. The molecule has 1 aromatic rings. The van der Waals surface area contributed by atoms with Gasteiger partial charge in [-0.15, -0.1) is 0 Å². The minimum absolute atomic E-state index is 0.0685. The molecule has 1 aromatic heterocycles. The predicted octanol–water partition coefficient (Wildman–Crippen LogP) is 2.43. The molecule has 1 heterocycles. The van der Waals surface area contributed by atoms with Gasteiger partial charge in [0, 0.05) is 11.8 Å². The van der Waals surface area contributed by atoms with Gasteiger partial charge in [0.15, 0.2) is 5.82 Å². The first-order chi connectivity index (χ1) is 8.34. The lowest BCUT2D eigenvalue weighted by Gasteiger charge is -2.09. The molecule has 18 heavy (non-hydrogen) atoms. The van der Waals surface area contributed by atoms with Gasteiger partial charge in [-0.05, 0) is 18.3 Å². The maximum atomic E-state index is 12.4. The summed E-state index contributed by atoms with van der Waals surface area (Å²) < 4.78 is 41.7. The van der Waals surface area contributed by atoms with E-state index in [1.54, 1.807) is 0 Å². The molecule has 1 rings (SSSR count). The molecule has 0 fully saturated rings. The van der Waals surface area contributed by atoms with Gasteiger partial charge in [-0.3, -0.25) is 0 Å². The number of amides is 1. The second kappa shape index (κ2) is 5.56. The fraction of sp³-hybridized carbons (Fsp3) is 0.222. The number of aromatic nitrogens is 1. The molecule has 0 atom stereocenters. The van der Waals surface area contributed by atoms with Crippen molar-refractivity contribution in [1.82, 2.24) is 4.98 Å². The predicted molar refractivity (Wildman–Crippen MR) is 58.3 cm³/mol. The maximum Gasteiger partial charge on any atom is 0.417 e. The normalized spacial score (nSPS) is 10.6. The Morgan fingerprint density at radius 3 is 2.78 bits per heavy atom. The molecule has 5 nitrogen and oxygen atoms in total. The summed E-state index contributed by atoms with van der Waals surface area (Å²) in [5.74, 6) is -0.112. The van der Waals surface area contributed by atoms with Crippen LogP contribution in [0.25, 0.3) is 0 Å². The van der Waals surface area contributed by atoms with Gasteiger partial charge in [-0.25, -0.2) is 9.78 Å². The van der Waals surface area contributed by atoms with Crippen molar-refractivity contribution in [3.8, 4) is 0 Å². The number of thiocarbonyl (C=S) groups is 1. The summed E-state index contributed by atoms with van der Waals surface area (Å²) in [6.07, 6.45) is -5.09. The van der Waals surface area contributed by atoms with Crippen LogP contribution in [0.4, 0.5) is 23.8 Å². The molecule has 0 bridgehead atoms. The van der Waals surface area contributed by atoms with Crippen molar-refractivity contribution in [2.24, 2.45) is 10.7 Å². The number of rotatable bonds is 3. The fourth-order valence-corrected chi connectivity index (χ4v) is 1.14. The lowest BCUT2D eigenvalue weighted by atomic mass is 10.2. The Kier molecular flexibility index (Phi) is 4.35. The fourth-order valence-electron chi connectivity index (χ4n) is 1.06. The largest absolute Gasteiger partial charge is 0.445 e. The van der Waals surface area contributed by atoms with E-state index in [9.17, 15) is 18.0 Å². The highest BCUT2D eigenvalue weighted by Gasteiger charge is 2.31. The van der Waals surface area contributed by atoms with Crippen LogP contribution in [0.5, 0.6) is 0 Å². The third-order valence-electron chi connectivity index (χ3n) is 1.79. The molecule has 9 heteroatoms. The van der Waals surface area contributed by atoms with E-state index in [1.165, 1.54) is 0 Å². The molecular formula is C9H6F3N3O2S. The van der Waals surface area contributed by atoms with Crippen LogP contribution in [0.2, 0.25) is 0 Å². The number of aliphatic imine (C=N–C) groups is 1. The highest BCUT2D eigenvalue weighted by Crippen LogP contribution is 2.31. The number of carbonyl (C=O) groups excluding carboxylic acids is 1. The zero-order valence-electron chi connectivity index (χ0n) is 8.69. The summed E-state index contributed by atoms with van der Waals surface area (Å²) in [6.45, 7) is -0.484. The zero-order valence-corrected chi connectivity index (χ0v) is 9.51. The van der Waals surface area contributed by atoms with Crippen molar-refractivity contribution in [1.29, 1.82) is 0 Å². The molecule has 0 aromatic carbocycles. The topological polar surface area (TPSA) is 77.6 Å². The lowest BCUT2D eigenvalue weighted by molar-refractivity contribution is -0.137. The number of hydrogen-bond acceptors (Lipinski definition) is 5. The molecule has 0 aliphatic heterocycles. The molecular weight excluding hydrogens is 271 g/mol. The molecule has 0 aliphatic rings. The first kappa shape index (κ1) is 14.1. The van der Waals surface area contributed by atoms with Crippen molar-refractivity contribution in [3.05, 3.63) is 23.4 Å². The smallest absolute Gasteiger partial charge is 0.417 e. The highest BCUT2D eigenvalue weighted by molar-refractivity contribution is 7.78. The van der Waals surface area contributed by atoms with Crippen LogP contribution in [0.3, 0.4) is 0 Å². The Balaban J connectivity index is 3.15. The van der Waals surface area contributed by atoms with Crippen molar-refractivity contribution in [2.75, 3.05) is 0 Å². The van der Waals surface area contributed by atoms with E-state index in [4.69, 9.17) is 5.73 Å². The zero-order chi connectivity index (χ0) is 13.8. The number of nitrogens with two attached hydrogens (primary N) is 1. The molecule has 0 saturated carbocycles. The number of nitrogens with zero attached hydrogens (tertiary/aromatic N) is 2. The van der Waals surface area contributed by atoms with Gasteiger partial charge in [0.25, 0.3) is 0 Å². The molecule has 1 amide bonds. The Bertz CT molecular complexity index is 512. The SMILES string of the molecule is NC(=O)OCc1cc(C(F)(F)F)cnc1N=C=S. The summed E-state index contributed by atoms with van der Waals surface area (Å²) in [6, 6.07) is 0.751. The van der Waals surface area contributed by atoms with Crippen LogP contribution >= 0.6 is 12.2 Å². The number of ether oxygens (including phenoxy) is 1. The minimum Gasteiger partial charge on any atom is -0.445 e. The number of carbonyl (C=O) groups is 1. The number of pyridine rings is 1. The Morgan fingerprint density at radius 1 is 1.61 bits per heavy atom. The minimum atomic E-state index is -4.56. The number of isothiocyanates is 1. The molecule has 0 spiro atoms. The van der Waals surface area contributed by atoms with Crippen molar-refractivity contribution in [2.45, 2.75) is 12.8 Å². The van der Waals surface area contributed by atoms with Crippen LogP contribution in [0.1, 0.15) is 11.1 Å². The van der Waals surface area contributed by atoms with E-state index < -0.39 is 24.4 Å². The van der Waals surface area contributed by atoms with Crippen molar-refractivity contribution < 1.29 is 22.7 Å². The molecule has 2 N–H and O–H groups in total. The first-order valence-corrected chi connectivity index (χ1v) is 4.81. The van der Waals surface area contributed by atoms with E-state index in [0.29, 0.717) is 6.20 Å². The second-order valence-electron chi connectivity index (χ2n) is 3.02. The van der Waals surface area contributed by atoms with E-state index in [2.05, 4.69) is 26.9 Å². The van der Waals surface area contributed by atoms with Gasteiger partial charge < -0.3 is 10.5 Å².